The molecule has 0 radical (unpaired) electrons. The molecule has 0 heterocycles. The van der Waals surface area contributed by atoms with Gasteiger partial charge in [0.15, 0.2) is 6.10 Å². The molecule has 0 fully saturated rings. The Kier molecular flexibility index (Phi) is 54.9. The summed E-state index contributed by atoms with van der Waals surface area (Å²) < 4.78 is 10.7. The fraction of sp³-hybridized carbons (Fsp3) is 0.683. The molecule has 5 nitrogen and oxygen atoms in total. The van der Waals surface area contributed by atoms with E-state index < -0.39 is 6.10 Å². The first kappa shape index (κ1) is 64.6. The Bertz CT molecular complexity index is 1340. The number of esters is 2. The first-order valence-electron chi connectivity index (χ1n) is 28.4. The fourth-order valence-electron chi connectivity index (χ4n) is 7.80. The van der Waals surface area contributed by atoms with Crippen molar-refractivity contribution in [3.8, 4) is 0 Å². The zero-order chi connectivity index (χ0) is 49.2. The molecule has 1 atom stereocenters. The molecular formula is C63H106O5. The zero-order valence-electron chi connectivity index (χ0n) is 44.3. The van der Waals surface area contributed by atoms with Crippen molar-refractivity contribution in [3.63, 3.8) is 0 Å². The summed E-state index contributed by atoms with van der Waals surface area (Å²) in [6.07, 6.45) is 83.4. The van der Waals surface area contributed by atoms with Gasteiger partial charge in [0.25, 0.3) is 0 Å². The van der Waals surface area contributed by atoms with Crippen LogP contribution in [0, 0.1) is 0 Å². The van der Waals surface area contributed by atoms with E-state index in [4.69, 9.17) is 9.47 Å². The molecule has 0 aliphatic rings. The average Bonchev–Trinajstić information content (AvgIpc) is 3.34. The number of aliphatic hydroxyl groups is 1. The number of unbranched alkanes of at least 4 members (excludes halogenated alkanes) is 25. The van der Waals surface area contributed by atoms with Crippen LogP contribution in [0.25, 0.3) is 0 Å². The van der Waals surface area contributed by atoms with Crippen LogP contribution >= 0.6 is 0 Å². The number of hydrogen-bond acceptors (Lipinski definition) is 5. The second-order valence-electron chi connectivity index (χ2n) is 18.6. The highest BCUT2D eigenvalue weighted by atomic mass is 16.6. The Hall–Kier alpha value is -3.44. The monoisotopic (exact) mass is 943 g/mol. The summed E-state index contributed by atoms with van der Waals surface area (Å²) in [5.41, 5.74) is 0. The van der Waals surface area contributed by atoms with E-state index in [-0.39, 0.29) is 25.2 Å². The Morgan fingerprint density at radius 1 is 0.353 bits per heavy atom. The summed E-state index contributed by atoms with van der Waals surface area (Å²) in [6, 6.07) is 0. The topological polar surface area (TPSA) is 72.8 Å². The average molecular weight is 944 g/mol. The van der Waals surface area contributed by atoms with Crippen LogP contribution in [-0.2, 0) is 19.1 Å². The van der Waals surface area contributed by atoms with Crippen LogP contribution in [0.5, 0.6) is 0 Å². The van der Waals surface area contributed by atoms with Crippen LogP contribution in [0.2, 0.25) is 0 Å². The third-order valence-electron chi connectivity index (χ3n) is 12.1. The molecule has 1 N–H and O–H groups in total. The van der Waals surface area contributed by atoms with Gasteiger partial charge < -0.3 is 14.6 Å². The van der Waals surface area contributed by atoms with Crippen LogP contribution in [0.1, 0.15) is 258 Å². The third kappa shape index (κ3) is 55.2. The number of aliphatic hydroxyl groups excluding tert-OH is 1. The minimum atomic E-state index is -0.784. The molecule has 0 saturated carbocycles. The van der Waals surface area contributed by atoms with E-state index in [1.165, 1.54) is 141 Å². The molecule has 0 rings (SSSR count). The van der Waals surface area contributed by atoms with E-state index in [9.17, 15) is 14.7 Å². The van der Waals surface area contributed by atoms with E-state index >= 15 is 0 Å². The summed E-state index contributed by atoms with van der Waals surface area (Å²) in [6.45, 7) is 4.02. The SMILES string of the molecule is CC/C=C\C/C=C\C/C=C\C/C=C\C/C=C\C/C=C\CCCCCCCCCCCCCCC(=O)OC(CO)COC(=O)CCCCCCCCCC/C=C\C/C=C\C/C=C\CCCCCCC. The molecule has 5 heteroatoms. The van der Waals surface area contributed by atoms with E-state index in [2.05, 4.69) is 123 Å². The third-order valence-corrected chi connectivity index (χ3v) is 12.1. The van der Waals surface area contributed by atoms with Gasteiger partial charge in [-0.25, -0.2) is 0 Å². The van der Waals surface area contributed by atoms with Crippen LogP contribution in [0.15, 0.2) is 109 Å². The molecule has 0 aliphatic carbocycles. The molecule has 0 aliphatic heterocycles. The molecule has 0 aromatic rings. The van der Waals surface area contributed by atoms with Crippen molar-refractivity contribution in [1.29, 1.82) is 0 Å². The lowest BCUT2D eigenvalue weighted by atomic mass is 10.0. The number of carbonyl (C=O) groups excluding carboxylic acids is 2. The molecule has 0 aromatic carbocycles. The molecule has 0 spiro atoms. The number of carbonyl (C=O) groups is 2. The Balaban J connectivity index is 3.54. The van der Waals surface area contributed by atoms with Crippen molar-refractivity contribution < 1.29 is 24.2 Å². The van der Waals surface area contributed by atoms with Gasteiger partial charge in [0.1, 0.15) is 6.61 Å². The van der Waals surface area contributed by atoms with Gasteiger partial charge in [-0.2, -0.15) is 0 Å². The predicted molar refractivity (Wildman–Crippen MR) is 297 cm³/mol. The normalized spacial score (nSPS) is 13.0. The molecule has 0 saturated heterocycles. The lowest BCUT2D eigenvalue weighted by molar-refractivity contribution is -0.161. The van der Waals surface area contributed by atoms with Gasteiger partial charge in [0.05, 0.1) is 6.61 Å². The van der Waals surface area contributed by atoms with Crippen molar-refractivity contribution in [3.05, 3.63) is 109 Å². The predicted octanol–water partition coefficient (Wildman–Crippen LogP) is 19.3. The summed E-state index contributed by atoms with van der Waals surface area (Å²) >= 11 is 0. The van der Waals surface area contributed by atoms with Crippen LogP contribution in [0.4, 0.5) is 0 Å². The van der Waals surface area contributed by atoms with E-state index in [0.29, 0.717) is 12.8 Å². The maximum atomic E-state index is 12.3. The van der Waals surface area contributed by atoms with Crippen LogP contribution in [-0.4, -0.2) is 36.4 Å². The van der Waals surface area contributed by atoms with Crippen LogP contribution < -0.4 is 0 Å². The largest absolute Gasteiger partial charge is 0.462 e. The van der Waals surface area contributed by atoms with E-state index in [1.54, 1.807) is 0 Å². The molecular weight excluding hydrogens is 837 g/mol. The van der Waals surface area contributed by atoms with Crippen molar-refractivity contribution >= 4 is 11.9 Å². The lowest BCUT2D eigenvalue weighted by Gasteiger charge is -2.15. The number of hydrogen-bond donors (Lipinski definition) is 1. The van der Waals surface area contributed by atoms with Crippen molar-refractivity contribution in [2.45, 2.75) is 264 Å². The summed E-state index contributed by atoms with van der Waals surface area (Å²) in [5.74, 6) is -0.602. The van der Waals surface area contributed by atoms with E-state index in [0.717, 1.165) is 89.9 Å². The van der Waals surface area contributed by atoms with Gasteiger partial charge in [-0.1, -0.05) is 252 Å². The Morgan fingerprint density at radius 2 is 0.632 bits per heavy atom. The second-order valence-corrected chi connectivity index (χ2v) is 18.6. The molecule has 388 valence electrons. The van der Waals surface area contributed by atoms with Gasteiger partial charge in [-0.05, 0) is 103 Å². The lowest BCUT2D eigenvalue weighted by Crippen LogP contribution is -2.28. The molecule has 1 unspecified atom stereocenters. The molecule has 0 aromatic heterocycles. The smallest absolute Gasteiger partial charge is 0.306 e. The maximum absolute atomic E-state index is 12.3. The van der Waals surface area contributed by atoms with Gasteiger partial charge in [0, 0.05) is 12.8 Å². The minimum absolute atomic E-state index is 0.0752. The summed E-state index contributed by atoms with van der Waals surface area (Å²) in [4.78, 5) is 24.5. The van der Waals surface area contributed by atoms with E-state index in [1.807, 2.05) is 0 Å². The highest BCUT2D eigenvalue weighted by Gasteiger charge is 2.16. The van der Waals surface area contributed by atoms with Crippen LogP contribution in [0.3, 0.4) is 0 Å². The first-order valence-corrected chi connectivity index (χ1v) is 28.4. The second kappa shape index (κ2) is 57.9. The highest BCUT2D eigenvalue weighted by molar-refractivity contribution is 5.70. The molecule has 0 amide bonds. The van der Waals surface area contributed by atoms with Gasteiger partial charge >= 0.3 is 11.9 Å². The zero-order valence-corrected chi connectivity index (χ0v) is 44.3. The van der Waals surface area contributed by atoms with Gasteiger partial charge in [-0.3, -0.25) is 9.59 Å². The van der Waals surface area contributed by atoms with Crippen molar-refractivity contribution in [1.82, 2.24) is 0 Å². The van der Waals surface area contributed by atoms with Gasteiger partial charge in [0.2, 0.25) is 0 Å². The standard InChI is InChI=1S/C63H106O5/c1-3-5-7-9-11-13-15-17-19-21-23-25-27-28-29-30-31-32-33-34-36-38-40-42-44-46-48-50-52-54-56-58-63(66)68-61(59-64)60-67-62(65)57-55-53-51-49-47-45-43-41-39-37-35-26-24-22-20-18-16-14-12-10-8-6-4-2/h5,7,11,13,16-19,22-25,28-29,31-32,35,37,61,64H,3-4,6,8-10,12,14-15,20-21,26-27,30,33-34,36,38-60H2,1-2H3/b7-5-,13-11-,18-16-,19-17-,24-22-,25-23-,29-28-,32-31-,37-35-. The Morgan fingerprint density at radius 3 is 0.956 bits per heavy atom. The summed E-state index contributed by atoms with van der Waals surface area (Å²) in [5, 5.41) is 9.66. The minimum Gasteiger partial charge on any atom is -0.462 e. The quantitative estimate of drug-likeness (QED) is 0.0374. The fourth-order valence-corrected chi connectivity index (χ4v) is 7.80. The maximum Gasteiger partial charge on any atom is 0.306 e. The molecule has 68 heavy (non-hydrogen) atoms. The first-order chi connectivity index (χ1) is 33.6. The highest BCUT2D eigenvalue weighted by Crippen LogP contribution is 2.15. The molecule has 0 bridgehead atoms. The van der Waals surface area contributed by atoms with Crippen molar-refractivity contribution in [2.24, 2.45) is 0 Å². The summed E-state index contributed by atoms with van der Waals surface area (Å²) in [7, 11) is 0. The van der Waals surface area contributed by atoms with Crippen molar-refractivity contribution in [2.75, 3.05) is 13.2 Å². The number of ether oxygens (including phenoxy) is 2. The number of allylic oxidation sites excluding steroid dienone is 18. The number of rotatable bonds is 51. The Labute approximate surface area is 421 Å². The van der Waals surface area contributed by atoms with Gasteiger partial charge in [-0.15, -0.1) is 0 Å².